The highest BCUT2D eigenvalue weighted by Gasteiger charge is 2.51. The van der Waals surface area contributed by atoms with E-state index in [0.29, 0.717) is 36.3 Å². The second-order valence-electron chi connectivity index (χ2n) is 6.69. The van der Waals surface area contributed by atoms with E-state index in [-0.39, 0.29) is 30.2 Å². The SMILES string of the molecule is C=CC[C@H]1C[C@]2([C@H](C)Cc3ccc(OC)cc3F)OCOC2=CC1=O. The molecule has 0 N–H and O–H groups in total. The van der Waals surface area contributed by atoms with Gasteiger partial charge in [0.05, 0.1) is 7.11 Å². The summed E-state index contributed by atoms with van der Waals surface area (Å²) in [6, 6.07) is 4.86. The van der Waals surface area contributed by atoms with E-state index in [4.69, 9.17) is 14.2 Å². The zero-order chi connectivity index (χ0) is 18.0. The molecule has 4 nitrogen and oxygen atoms in total. The molecule has 0 amide bonds. The summed E-state index contributed by atoms with van der Waals surface area (Å²) in [7, 11) is 1.51. The van der Waals surface area contributed by atoms with Gasteiger partial charge in [0, 0.05) is 18.1 Å². The van der Waals surface area contributed by atoms with Crippen molar-refractivity contribution in [2.24, 2.45) is 11.8 Å². The normalized spacial score (nSPS) is 26.4. The van der Waals surface area contributed by atoms with E-state index in [2.05, 4.69) is 6.58 Å². The summed E-state index contributed by atoms with van der Waals surface area (Å²) >= 11 is 0. The molecule has 1 saturated heterocycles. The molecule has 1 fully saturated rings. The minimum Gasteiger partial charge on any atom is -0.497 e. The van der Waals surface area contributed by atoms with E-state index in [0.717, 1.165) is 0 Å². The molecule has 1 aromatic rings. The first-order chi connectivity index (χ1) is 12.0. The molecule has 0 bridgehead atoms. The van der Waals surface area contributed by atoms with E-state index in [1.54, 1.807) is 24.3 Å². The van der Waals surface area contributed by atoms with E-state index in [1.807, 2.05) is 6.92 Å². The molecular weight excluding hydrogens is 323 g/mol. The number of benzene rings is 1. The van der Waals surface area contributed by atoms with Crippen molar-refractivity contribution in [2.75, 3.05) is 13.9 Å². The van der Waals surface area contributed by atoms with Gasteiger partial charge in [-0.1, -0.05) is 19.1 Å². The Morgan fingerprint density at radius 3 is 3.00 bits per heavy atom. The van der Waals surface area contributed by atoms with Gasteiger partial charge in [0.2, 0.25) is 0 Å². The molecule has 0 aromatic heterocycles. The van der Waals surface area contributed by atoms with E-state index >= 15 is 0 Å². The number of hydrogen-bond donors (Lipinski definition) is 0. The number of halogens is 1. The lowest BCUT2D eigenvalue weighted by Gasteiger charge is -2.38. The zero-order valence-electron chi connectivity index (χ0n) is 14.6. The lowest BCUT2D eigenvalue weighted by atomic mass is 9.71. The van der Waals surface area contributed by atoms with E-state index < -0.39 is 5.60 Å². The largest absolute Gasteiger partial charge is 0.497 e. The van der Waals surface area contributed by atoms with Crippen molar-refractivity contribution < 1.29 is 23.4 Å². The highest BCUT2D eigenvalue weighted by molar-refractivity contribution is 5.93. The molecule has 5 heteroatoms. The van der Waals surface area contributed by atoms with Crippen molar-refractivity contribution in [3.05, 3.63) is 54.1 Å². The molecule has 0 spiro atoms. The Bertz CT molecular complexity index is 712. The zero-order valence-corrected chi connectivity index (χ0v) is 14.6. The standard InChI is InChI=1S/C20H23FO4/c1-4-5-15-11-20(19(10-18(15)22)24-12-25-20)13(2)8-14-6-7-16(23-3)9-17(14)21/h4,6-7,9-10,13,15H,1,5,8,11-12H2,2-3H3/t13-,15+,20-/m1/s1. The molecule has 25 heavy (non-hydrogen) atoms. The quantitative estimate of drug-likeness (QED) is 0.735. The second-order valence-corrected chi connectivity index (χ2v) is 6.69. The third kappa shape index (κ3) is 3.21. The maximum Gasteiger partial charge on any atom is 0.189 e. The Balaban J connectivity index is 1.86. The summed E-state index contributed by atoms with van der Waals surface area (Å²) in [6.45, 7) is 5.86. The number of ether oxygens (including phenoxy) is 3. The predicted molar refractivity (Wildman–Crippen MR) is 91.6 cm³/mol. The summed E-state index contributed by atoms with van der Waals surface area (Å²) in [5, 5.41) is 0. The number of ketones is 1. The van der Waals surface area contributed by atoms with Gasteiger partial charge in [-0.2, -0.15) is 0 Å². The van der Waals surface area contributed by atoms with Crippen molar-refractivity contribution in [1.82, 2.24) is 0 Å². The summed E-state index contributed by atoms with van der Waals surface area (Å²) in [5.41, 5.74) is -0.0942. The average Bonchev–Trinajstić information content (AvgIpc) is 3.01. The van der Waals surface area contributed by atoms with E-state index in [9.17, 15) is 9.18 Å². The van der Waals surface area contributed by atoms with Crippen LogP contribution in [-0.2, 0) is 20.7 Å². The molecule has 1 aliphatic carbocycles. The number of methoxy groups -OCH3 is 1. The molecule has 0 radical (unpaired) electrons. The fourth-order valence-electron chi connectivity index (χ4n) is 3.73. The van der Waals surface area contributed by atoms with Crippen LogP contribution in [-0.4, -0.2) is 25.3 Å². The predicted octanol–water partition coefficient (Wildman–Crippen LogP) is 3.81. The third-order valence-corrected chi connectivity index (χ3v) is 5.21. The summed E-state index contributed by atoms with van der Waals surface area (Å²) in [6.07, 6.45) is 4.90. The molecule has 1 aromatic carbocycles. The number of carbonyl (C=O) groups is 1. The Morgan fingerprint density at radius 1 is 1.52 bits per heavy atom. The first kappa shape index (κ1) is 17.7. The number of hydrogen-bond acceptors (Lipinski definition) is 4. The lowest BCUT2D eigenvalue weighted by molar-refractivity contribution is -0.123. The van der Waals surface area contributed by atoms with Crippen molar-refractivity contribution in [3.8, 4) is 5.75 Å². The van der Waals surface area contributed by atoms with Crippen molar-refractivity contribution in [3.63, 3.8) is 0 Å². The van der Waals surface area contributed by atoms with Gasteiger partial charge >= 0.3 is 0 Å². The number of allylic oxidation sites excluding steroid dienone is 2. The highest BCUT2D eigenvalue weighted by Crippen LogP contribution is 2.46. The van der Waals surface area contributed by atoms with Gasteiger partial charge in [-0.15, -0.1) is 6.58 Å². The second kappa shape index (κ2) is 7.00. The molecule has 0 saturated carbocycles. The molecule has 2 aliphatic rings. The minimum atomic E-state index is -0.687. The van der Waals surface area contributed by atoms with Gasteiger partial charge in [-0.05, 0) is 36.8 Å². The molecule has 134 valence electrons. The van der Waals surface area contributed by atoms with Crippen LogP contribution >= 0.6 is 0 Å². The number of fused-ring (bicyclic) bond motifs is 1. The molecule has 3 rings (SSSR count). The topological polar surface area (TPSA) is 44.8 Å². The van der Waals surface area contributed by atoms with Crippen LogP contribution in [0.3, 0.4) is 0 Å². The molecule has 1 heterocycles. The Morgan fingerprint density at radius 2 is 2.32 bits per heavy atom. The minimum absolute atomic E-state index is 0.0406. The van der Waals surface area contributed by atoms with Gasteiger partial charge in [0.15, 0.2) is 12.6 Å². The van der Waals surface area contributed by atoms with Crippen LogP contribution in [0.5, 0.6) is 5.75 Å². The highest BCUT2D eigenvalue weighted by atomic mass is 19.1. The summed E-state index contributed by atoms with van der Waals surface area (Å²) in [5.74, 6) is 0.567. The summed E-state index contributed by atoms with van der Waals surface area (Å²) < 4.78 is 30.9. The summed E-state index contributed by atoms with van der Waals surface area (Å²) in [4.78, 5) is 12.2. The van der Waals surface area contributed by atoms with Crippen molar-refractivity contribution in [1.29, 1.82) is 0 Å². The fraction of sp³-hybridized carbons (Fsp3) is 0.450. The smallest absolute Gasteiger partial charge is 0.189 e. The van der Waals surface area contributed by atoms with Crippen LogP contribution in [0.2, 0.25) is 0 Å². The first-order valence-electron chi connectivity index (χ1n) is 8.46. The van der Waals surface area contributed by atoms with Crippen molar-refractivity contribution >= 4 is 5.78 Å². The fourth-order valence-corrected chi connectivity index (χ4v) is 3.73. The number of carbonyl (C=O) groups excluding carboxylic acids is 1. The molecule has 1 aliphatic heterocycles. The Labute approximate surface area is 147 Å². The van der Waals surface area contributed by atoms with Gasteiger partial charge in [0.1, 0.15) is 22.9 Å². The average molecular weight is 346 g/mol. The monoisotopic (exact) mass is 346 g/mol. The molecular formula is C20H23FO4. The lowest BCUT2D eigenvalue weighted by Crippen LogP contribution is -2.45. The molecule has 0 unspecified atom stereocenters. The van der Waals surface area contributed by atoms with Crippen LogP contribution in [0.1, 0.15) is 25.3 Å². The van der Waals surface area contributed by atoms with Crippen LogP contribution in [0.15, 0.2) is 42.7 Å². The van der Waals surface area contributed by atoms with Crippen LogP contribution in [0.4, 0.5) is 4.39 Å². The number of rotatable bonds is 6. The molecule has 3 atom stereocenters. The Kier molecular flexibility index (Phi) is 4.95. The van der Waals surface area contributed by atoms with Crippen LogP contribution in [0, 0.1) is 17.7 Å². The van der Waals surface area contributed by atoms with Gasteiger partial charge in [0.25, 0.3) is 0 Å². The van der Waals surface area contributed by atoms with Crippen molar-refractivity contribution in [2.45, 2.75) is 31.8 Å². The van der Waals surface area contributed by atoms with Crippen LogP contribution < -0.4 is 4.74 Å². The van der Waals surface area contributed by atoms with Gasteiger partial charge < -0.3 is 14.2 Å². The van der Waals surface area contributed by atoms with Crippen LogP contribution in [0.25, 0.3) is 0 Å². The maximum absolute atomic E-state index is 14.3. The van der Waals surface area contributed by atoms with Gasteiger partial charge in [-0.3, -0.25) is 4.79 Å². The first-order valence-corrected chi connectivity index (χ1v) is 8.46. The van der Waals surface area contributed by atoms with E-state index in [1.165, 1.54) is 13.2 Å². The maximum atomic E-state index is 14.3. The van der Waals surface area contributed by atoms with Gasteiger partial charge in [-0.25, -0.2) is 4.39 Å². The Hall–Kier alpha value is -2.14. The third-order valence-electron chi connectivity index (χ3n) is 5.21.